The van der Waals surface area contributed by atoms with Gasteiger partial charge < -0.3 is 4.57 Å². The molecule has 0 unspecified atom stereocenters. The van der Waals surface area contributed by atoms with E-state index in [0.717, 1.165) is 36.0 Å². The number of nitrogens with zero attached hydrogens (tertiary/aromatic N) is 1. The zero-order valence-electron chi connectivity index (χ0n) is 11.8. The molecule has 0 aliphatic heterocycles. The van der Waals surface area contributed by atoms with Crippen LogP contribution in [-0.4, -0.2) is 10.4 Å². The second-order valence-electron chi connectivity index (χ2n) is 4.99. The van der Waals surface area contributed by atoms with Gasteiger partial charge in [0, 0.05) is 23.6 Å². The summed E-state index contributed by atoms with van der Waals surface area (Å²) in [6.07, 6.45) is 5.61. The minimum atomic E-state index is 0.228. The maximum Gasteiger partial charge on any atom is 0.179 e. The number of halogens is 1. The highest BCUT2D eigenvalue weighted by Gasteiger charge is 2.10. The summed E-state index contributed by atoms with van der Waals surface area (Å²) < 4.78 is 3.14. The molecule has 0 N–H and O–H groups in total. The highest BCUT2D eigenvalue weighted by molar-refractivity contribution is 9.10. The van der Waals surface area contributed by atoms with Crippen molar-refractivity contribution in [1.82, 2.24) is 4.57 Å². The van der Waals surface area contributed by atoms with Gasteiger partial charge in [-0.1, -0.05) is 41.4 Å². The number of carbonyl (C=O) groups excluding carboxylic acids is 1. The maximum atomic E-state index is 12.3. The molecule has 0 spiro atoms. The van der Waals surface area contributed by atoms with Crippen LogP contribution in [0, 0.1) is 0 Å². The first-order valence-corrected chi connectivity index (χ1v) is 7.93. The highest BCUT2D eigenvalue weighted by atomic mass is 79.9. The molecule has 2 nitrogen and oxygen atoms in total. The van der Waals surface area contributed by atoms with Gasteiger partial charge in [-0.2, -0.15) is 0 Å². The van der Waals surface area contributed by atoms with Gasteiger partial charge in [-0.25, -0.2) is 0 Å². The molecule has 0 amide bonds. The van der Waals surface area contributed by atoms with E-state index in [-0.39, 0.29) is 5.78 Å². The van der Waals surface area contributed by atoms with E-state index in [9.17, 15) is 4.79 Å². The van der Waals surface area contributed by atoms with Crippen LogP contribution in [0.1, 0.15) is 42.2 Å². The highest BCUT2D eigenvalue weighted by Crippen LogP contribution is 2.15. The normalized spacial score (nSPS) is 10.7. The van der Waals surface area contributed by atoms with Gasteiger partial charge in [0.1, 0.15) is 0 Å². The third-order valence-corrected chi connectivity index (χ3v) is 3.89. The van der Waals surface area contributed by atoms with Crippen molar-refractivity contribution >= 4 is 21.7 Å². The van der Waals surface area contributed by atoms with Gasteiger partial charge in [0.05, 0.1) is 5.69 Å². The van der Waals surface area contributed by atoms with Crippen LogP contribution in [0.4, 0.5) is 0 Å². The smallest absolute Gasteiger partial charge is 0.179 e. The van der Waals surface area contributed by atoms with E-state index in [2.05, 4.69) is 39.6 Å². The fourth-order valence-electron chi connectivity index (χ4n) is 2.27. The molecule has 106 valence electrons. The second-order valence-corrected chi connectivity index (χ2v) is 5.91. The quantitative estimate of drug-likeness (QED) is 0.663. The summed E-state index contributed by atoms with van der Waals surface area (Å²) in [6, 6.07) is 12.0. The first kappa shape index (κ1) is 15.0. The second kappa shape index (κ2) is 7.44. The molecule has 0 saturated heterocycles. The van der Waals surface area contributed by atoms with Crippen molar-refractivity contribution in [3.63, 3.8) is 0 Å². The molecule has 0 fully saturated rings. The molecule has 1 heterocycles. The van der Waals surface area contributed by atoms with Gasteiger partial charge in [0.15, 0.2) is 5.78 Å². The summed E-state index contributed by atoms with van der Waals surface area (Å²) in [5.74, 6) is 0.228. The van der Waals surface area contributed by atoms with Crippen molar-refractivity contribution in [2.24, 2.45) is 0 Å². The topological polar surface area (TPSA) is 22.0 Å². The zero-order valence-corrected chi connectivity index (χ0v) is 13.4. The number of aromatic nitrogens is 1. The number of rotatable bonds is 7. The van der Waals surface area contributed by atoms with Crippen molar-refractivity contribution in [2.75, 3.05) is 0 Å². The molecule has 2 rings (SSSR count). The number of unbranched alkanes of at least 4 members (excludes halogenated alkanes) is 1. The molecule has 0 saturated carbocycles. The average molecular weight is 334 g/mol. The van der Waals surface area contributed by atoms with Crippen LogP contribution in [-0.2, 0) is 13.0 Å². The molecule has 0 radical (unpaired) electrons. The van der Waals surface area contributed by atoms with Crippen molar-refractivity contribution in [3.8, 4) is 0 Å². The summed E-state index contributed by atoms with van der Waals surface area (Å²) in [7, 11) is 0. The fourth-order valence-corrected chi connectivity index (χ4v) is 2.72. The van der Waals surface area contributed by atoms with Gasteiger partial charge in [0.25, 0.3) is 0 Å². The number of ketones is 1. The third-order valence-electron chi connectivity index (χ3n) is 3.40. The lowest BCUT2D eigenvalue weighted by atomic mass is 10.1. The predicted molar refractivity (Wildman–Crippen MR) is 86.1 cm³/mol. The summed E-state index contributed by atoms with van der Waals surface area (Å²) in [5.41, 5.74) is 2.04. The fraction of sp³-hybridized carbons (Fsp3) is 0.353. The van der Waals surface area contributed by atoms with Crippen LogP contribution >= 0.6 is 15.9 Å². The van der Waals surface area contributed by atoms with Crippen LogP contribution in [0.3, 0.4) is 0 Å². The molecule has 2 aromatic rings. The summed E-state index contributed by atoms with van der Waals surface area (Å²) in [4.78, 5) is 12.3. The Labute approximate surface area is 128 Å². The van der Waals surface area contributed by atoms with Gasteiger partial charge in [-0.05, 0) is 42.7 Å². The number of hydrogen-bond donors (Lipinski definition) is 0. The molecular weight excluding hydrogens is 314 g/mol. The minimum absolute atomic E-state index is 0.228. The van der Waals surface area contributed by atoms with Crippen molar-refractivity contribution < 1.29 is 4.79 Å². The van der Waals surface area contributed by atoms with Crippen LogP contribution < -0.4 is 0 Å². The van der Waals surface area contributed by atoms with Crippen molar-refractivity contribution in [3.05, 3.63) is 58.3 Å². The maximum absolute atomic E-state index is 12.3. The minimum Gasteiger partial charge on any atom is -0.345 e. The molecule has 0 aliphatic carbocycles. The van der Waals surface area contributed by atoms with Crippen LogP contribution in [0.5, 0.6) is 0 Å². The Kier molecular flexibility index (Phi) is 5.60. The molecular formula is C17H20BrNO. The average Bonchev–Trinajstić information content (AvgIpc) is 2.91. The number of Topliss-reactive ketones (excluding diaryl/α,β-unsaturated/α-hetero) is 1. The summed E-state index contributed by atoms with van der Waals surface area (Å²) >= 11 is 3.46. The Bertz CT molecular complexity index is 574. The number of carbonyl (C=O) groups is 1. The molecule has 0 aliphatic rings. The van der Waals surface area contributed by atoms with Crippen LogP contribution in [0.25, 0.3) is 0 Å². The SMILES string of the molecule is CCCCn1cccc1C(=O)CCc1cccc(Br)c1. The Balaban J connectivity index is 1.96. The number of benzene rings is 1. The predicted octanol–water partition coefficient (Wildman–Crippen LogP) is 4.87. The summed E-state index contributed by atoms with van der Waals surface area (Å²) in [5, 5.41) is 0. The van der Waals surface area contributed by atoms with Gasteiger partial charge in [-0.3, -0.25) is 4.79 Å². The molecule has 1 aromatic heterocycles. The van der Waals surface area contributed by atoms with E-state index in [4.69, 9.17) is 0 Å². The van der Waals surface area contributed by atoms with E-state index < -0.39 is 0 Å². The van der Waals surface area contributed by atoms with Crippen LogP contribution in [0.15, 0.2) is 47.1 Å². The zero-order chi connectivity index (χ0) is 14.4. The third kappa shape index (κ3) is 4.07. The lowest BCUT2D eigenvalue weighted by molar-refractivity contribution is 0.0973. The Hall–Kier alpha value is -1.35. The number of aryl methyl sites for hydroxylation is 2. The van der Waals surface area contributed by atoms with Crippen molar-refractivity contribution in [1.29, 1.82) is 0 Å². The molecule has 0 bridgehead atoms. The molecule has 1 aromatic carbocycles. The van der Waals surface area contributed by atoms with Crippen molar-refractivity contribution in [2.45, 2.75) is 39.2 Å². The van der Waals surface area contributed by atoms with E-state index in [1.807, 2.05) is 30.5 Å². The van der Waals surface area contributed by atoms with E-state index >= 15 is 0 Å². The summed E-state index contributed by atoms with van der Waals surface area (Å²) in [6.45, 7) is 3.10. The Morgan fingerprint density at radius 1 is 1.25 bits per heavy atom. The molecule has 3 heteroatoms. The van der Waals surface area contributed by atoms with E-state index in [1.54, 1.807) is 0 Å². The van der Waals surface area contributed by atoms with Gasteiger partial charge >= 0.3 is 0 Å². The Morgan fingerprint density at radius 3 is 2.85 bits per heavy atom. The first-order valence-electron chi connectivity index (χ1n) is 7.13. The van der Waals surface area contributed by atoms with Crippen LogP contribution in [0.2, 0.25) is 0 Å². The van der Waals surface area contributed by atoms with Gasteiger partial charge in [0.2, 0.25) is 0 Å². The molecule has 20 heavy (non-hydrogen) atoms. The van der Waals surface area contributed by atoms with E-state index in [1.165, 1.54) is 5.56 Å². The lowest BCUT2D eigenvalue weighted by Crippen LogP contribution is -2.09. The standard InChI is InChI=1S/C17H20BrNO/c1-2-3-11-19-12-5-8-16(19)17(20)10-9-14-6-4-7-15(18)13-14/h4-8,12-13H,2-3,9-11H2,1H3. The number of hydrogen-bond acceptors (Lipinski definition) is 1. The lowest BCUT2D eigenvalue weighted by Gasteiger charge is -2.08. The Morgan fingerprint density at radius 2 is 2.10 bits per heavy atom. The largest absolute Gasteiger partial charge is 0.345 e. The first-order chi connectivity index (χ1) is 9.70. The monoisotopic (exact) mass is 333 g/mol. The van der Waals surface area contributed by atoms with E-state index in [0.29, 0.717) is 6.42 Å². The van der Waals surface area contributed by atoms with Gasteiger partial charge in [-0.15, -0.1) is 0 Å². The molecule has 0 atom stereocenters.